The van der Waals surface area contributed by atoms with E-state index in [-0.39, 0.29) is 0 Å². The fourth-order valence-electron chi connectivity index (χ4n) is 6.99. The number of rotatable bonds is 7. The summed E-state index contributed by atoms with van der Waals surface area (Å²) in [7, 11) is 0. The van der Waals surface area contributed by atoms with Crippen molar-refractivity contribution in [3.8, 4) is 33.7 Å². The SMILES string of the molecule is C1=CC(c2ccc(-c3nc4c(ccc5cc(-c6ccccc6N(c6ccccc6)c6ccc(-c7ccccc7)cc6)ccc54)o3)cc2)=CCC1. The molecular formula is C47H34N2O. The highest BCUT2D eigenvalue weighted by Crippen LogP contribution is 2.42. The highest BCUT2D eigenvalue weighted by atomic mass is 16.3. The van der Waals surface area contributed by atoms with E-state index in [0.29, 0.717) is 5.89 Å². The van der Waals surface area contributed by atoms with Gasteiger partial charge in [0.05, 0.1) is 5.69 Å². The fraction of sp³-hybridized carbons (Fsp3) is 0.0426. The number of allylic oxidation sites excluding steroid dienone is 4. The van der Waals surface area contributed by atoms with Crippen LogP contribution in [0.25, 0.3) is 61.2 Å². The number of para-hydroxylation sites is 2. The Balaban J connectivity index is 1.09. The second kappa shape index (κ2) is 12.9. The molecule has 0 saturated heterocycles. The molecule has 3 nitrogen and oxygen atoms in total. The average Bonchev–Trinajstić information content (AvgIpc) is 3.65. The lowest BCUT2D eigenvalue weighted by Crippen LogP contribution is -2.11. The van der Waals surface area contributed by atoms with Crippen LogP contribution in [0.4, 0.5) is 17.1 Å². The largest absolute Gasteiger partial charge is 0.436 e. The third-order valence-electron chi connectivity index (χ3n) is 9.54. The van der Waals surface area contributed by atoms with E-state index in [2.05, 4.69) is 181 Å². The minimum Gasteiger partial charge on any atom is -0.436 e. The number of anilines is 3. The maximum atomic E-state index is 6.30. The highest BCUT2D eigenvalue weighted by Gasteiger charge is 2.18. The third kappa shape index (κ3) is 5.59. The van der Waals surface area contributed by atoms with Crippen LogP contribution in [-0.2, 0) is 0 Å². The normalized spacial score (nSPS) is 12.7. The average molecular weight is 643 g/mol. The fourth-order valence-corrected chi connectivity index (χ4v) is 6.99. The Bertz CT molecular complexity index is 2510. The zero-order valence-electron chi connectivity index (χ0n) is 27.5. The summed E-state index contributed by atoms with van der Waals surface area (Å²) in [5.41, 5.74) is 13.1. The van der Waals surface area contributed by atoms with Crippen molar-refractivity contribution < 1.29 is 4.42 Å². The summed E-state index contributed by atoms with van der Waals surface area (Å²) in [5, 5.41) is 2.19. The molecule has 1 aromatic heterocycles. The van der Waals surface area contributed by atoms with Crippen LogP contribution in [0.15, 0.2) is 186 Å². The lowest BCUT2D eigenvalue weighted by Gasteiger charge is -2.28. The summed E-state index contributed by atoms with van der Waals surface area (Å²) < 4.78 is 6.30. The summed E-state index contributed by atoms with van der Waals surface area (Å²) in [6, 6.07) is 57.9. The van der Waals surface area contributed by atoms with Crippen molar-refractivity contribution in [2.24, 2.45) is 0 Å². The first kappa shape index (κ1) is 29.7. The van der Waals surface area contributed by atoms with Crippen LogP contribution < -0.4 is 4.90 Å². The van der Waals surface area contributed by atoms with Crippen molar-refractivity contribution in [3.63, 3.8) is 0 Å². The molecule has 1 aliphatic rings. The molecule has 9 rings (SSSR count). The van der Waals surface area contributed by atoms with Crippen LogP contribution in [0.3, 0.4) is 0 Å². The molecule has 7 aromatic carbocycles. The molecule has 1 aliphatic carbocycles. The van der Waals surface area contributed by atoms with E-state index in [1.807, 2.05) is 6.07 Å². The van der Waals surface area contributed by atoms with E-state index in [4.69, 9.17) is 9.40 Å². The first-order valence-corrected chi connectivity index (χ1v) is 17.2. The number of hydrogen-bond acceptors (Lipinski definition) is 3. The van der Waals surface area contributed by atoms with Gasteiger partial charge in [-0.1, -0.05) is 127 Å². The predicted molar refractivity (Wildman–Crippen MR) is 209 cm³/mol. The van der Waals surface area contributed by atoms with Crippen LogP contribution >= 0.6 is 0 Å². The van der Waals surface area contributed by atoms with Crippen LogP contribution in [0.5, 0.6) is 0 Å². The van der Waals surface area contributed by atoms with Gasteiger partial charge >= 0.3 is 0 Å². The lowest BCUT2D eigenvalue weighted by atomic mass is 9.98. The quantitative estimate of drug-likeness (QED) is 0.173. The van der Waals surface area contributed by atoms with Gasteiger partial charge in [-0.05, 0) is 101 Å². The predicted octanol–water partition coefficient (Wildman–Crippen LogP) is 13.2. The number of hydrogen-bond donors (Lipinski definition) is 0. The topological polar surface area (TPSA) is 29.3 Å². The second-order valence-corrected chi connectivity index (χ2v) is 12.7. The molecule has 0 aliphatic heterocycles. The van der Waals surface area contributed by atoms with Gasteiger partial charge in [0, 0.05) is 27.9 Å². The molecule has 3 heteroatoms. The van der Waals surface area contributed by atoms with Gasteiger partial charge < -0.3 is 9.32 Å². The Labute approximate surface area is 292 Å². The molecule has 0 saturated carbocycles. The highest BCUT2D eigenvalue weighted by molar-refractivity contribution is 6.06. The standard InChI is InChI=1S/C47H34N2O/c1-4-12-33(13-5-1)35-20-22-37(23-21-35)47-48-46-43-30-26-38(32-39(43)27-31-45(46)50-47)42-18-10-11-19-44(42)49(40-16-8-3-9-17-40)41-28-24-36(25-29-41)34-14-6-2-7-15-34/h2-4,6-32H,1,5H2. The Hall–Kier alpha value is -6.45. The first-order valence-electron chi connectivity index (χ1n) is 17.2. The summed E-state index contributed by atoms with van der Waals surface area (Å²) >= 11 is 0. The summed E-state index contributed by atoms with van der Waals surface area (Å²) in [6.07, 6.45) is 8.95. The maximum Gasteiger partial charge on any atom is 0.227 e. The molecule has 0 bridgehead atoms. The molecule has 50 heavy (non-hydrogen) atoms. The van der Waals surface area contributed by atoms with Gasteiger partial charge in [0.1, 0.15) is 5.52 Å². The van der Waals surface area contributed by atoms with E-state index in [9.17, 15) is 0 Å². The minimum atomic E-state index is 0.637. The van der Waals surface area contributed by atoms with Crippen molar-refractivity contribution in [3.05, 3.63) is 188 Å². The molecule has 0 N–H and O–H groups in total. The number of aromatic nitrogens is 1. The van der Waals surface area contributed by atoms with Gasteiger partial charge in [-0.25, -0.2) is 4.98 Å². The second-order valence-electron chi connectivity index (χ2n) is 12.7. The van der Waals surface area contributed by atoms with E-state index in [0.717, 1.165) is 68.5 Å². The maximum absolute atomic E-state index is 6.30. The third-order valence-corrected chi connectivity index (χ3v) is 9.54. The van der Waals surface area contributed by atoms with Crippen molar-refractivity contribution >= 4 is 44.5 Å². The van der Waals surface area contributed by atoms with Crippen molar-refractivity contribution in [1.29, 1.82) is 0 Å². The van der Waals surface area contributed by atoms with E-state index in [1.165, 1.54) is 22.3 Å². The van der Waals surface area contributed by atoms with E-state index in [1.54, 1.807) is 0 Å². The van der Waals surface area contributed by atoms with E-state index < -0.39 is 0 Å². The van der Waals surface area contributed by atoms with E-state index >= 15 is 0 Å². The Kier molecular flexibility index (Phi) is 7.64. The van der Waals surface area contributed by atoms with Crippen LogP contribution in [0, 0.1) is 0 Å². The Morgan fingerprint density at radius 1 is 0.520 bits per heavy atom. The number of benzene rings is 7. The molecule has 0 atom stereocenters. The monoisotopic (exact) mass is 642 g/mol. The summed E-state index contributed by atoms with van der Waals surface area (Å²) in [4.78, 5) is 7.35. The minimum absolute atomic E-state index is 0.637. The van der Waals surface area contributed by atoms with Gasteiger partial charge in [0.2, 0.25) is 5.89 Å². The number of nitrogens with zero attached hydrogens (tertiary/aromatic N) is 2. The van der Waals surface area contributed by atoms with Crippen molar-refractivity contribution in [2.45, 2.75) is 12.8 Å². The molecule has 0 spiro atoms. The smallest absolute Gasteiger partial charge is 0.227 e. The molecule has 238 valence electrons. The lowest BCUT2D eigenvalue weighted by molar-refractivity contribution is 0.620. The van der Waals surface area contributed by atoms with Gasteiger partial charge in [-0.2, -0.15) is 0 Å². The summed E-state index contributed by atoms with van der Waals surface area (Å²) in [6.45, 7) is 0. The van der Waals surface area contributed by atoms with Gasteiger partial charge in [0.25, 0.3) is 0 Å². The first-order chi connectivity index (χ1) is 24.8. The number of oxazole rings is 1. The Morgan fingerprint density at radius 2 is 1.18 bits per heavy atom. The molecule has 0 radical (unpaired) electrons. The van der Waals surface area contributed by atoms with Crippen LogP contribution in [0.1, 0.15) is 18.4 Å². The Morgan fingerprint density at radius 3 is 1.96 bits per heavy atom. The summed E-state index contributed by atoms with van der Waals surface area (Å²) in [5.74, 6) is 0.637. The van der Waals surface area contributed by atoms with Gasteiger partial charge in [-0.3, -0.25) is 0 Å². The molecule has 0 unspecified atom stereocenters. The van der Waals surface area contributed by atoms with Crippen LogP contribution in [-0.4, -0.2) is 4.98 Å². The van der Waals surface area contributed by atoms with Crippen LogP contribution in [0.2, 0.25) is 0 Å². The zero-order valence-corrected chi connectivity index (χ0v) is 27.5. The number of fused-ring (bicyclic) bond motifs is 3. The molecule has 0 fully saturated rings. The molecule has 8 aromatic rings. The molecule has 1 heterocycles. The van der Waals surface area contributed by atoms with Gasteiger partial charge in [-0.15, -0.1) is 0 Å². The zero-order chi connectivity index (χ0) is 33.3. The van der Waals surface area contributed by atoms with Crippen molar-refractivity contribution in [2.75, 3.05) is 4.90 Å². The molecule has 0 amide bonds. The van der Waals surface area contributed by atoms with Crippen molar-refractivity contribution in [1.82, 2.24) is 4.98 Å². The molecular weight excluding hydrogens is 609 g/mol. The van der Waals surface area contributed by atoms with Gasteiger partial charge in [0.15, 0.2) is 5.58 Å².